The normalized spacial score (nSPS) is 52.4. The van der Waals surface area contributed by atoms with Gasteiger partial charge in [0.2, 0.25) is 12.6 Å². The molecule has 37 heteroatoms. The van der Waals surface area contributed by atoms with E-state index in [4.69, 9.17) is 75.8 Å². The highest BCUT2D eigenvalue weighted by atomic mass is 16.8. The lowest BCUT2D eigenvalue weighted by atomic mass is 9.95. The summed E-state index contributed by atoms with van der Waals surface area (Å²) in [4.78, 5) is 0. The molecule has 0 aromatic carbocycles. The molecule has 0 amide bonds. The van der Waals surface area contributed by atoms with Gasteiger partial charge in [0.15, 0.2) is 43.5 Å². The van der Waals surface area contributed by atoms with Crippen LogP contribution in [0.2, 0.25) is 0 Å². The average Bonchev–Trinajstić information content (AvgIpc) is 3.35. The Bertz CT molecular complexity index is 1990. The van der Waals surface area contributed by atoms with Crippen molar-refractivity contribution in [1.29, 1.82) is 0 Å². The zero-order chi connectivity index (χ0) is 60.3. The van der Waals surface area contributed by atoms with Crippen LogP contribution < -0.4 is 0 Å². The number of aliphatic hydroxyl groups excluding tert-OH is 21. The summed E-state index contributed by atoms with van der Waals surface area (Å²) in [5, 5.41) is 228. The number of ether oxygens (including phenoxy) is 16. The van der Waals surface area contributed by atoms with Crippen molar-refractivity contribution in [1.82, 2.24) is 0 Å². The number of fused-ring (bicyclic) bond motifs is 1. The van der Waals surface area contributed by atoms with Gasteiger partial charge in [-0.3, -0.25) is 0 Å². The van der Waals surface area contributed by atoms with Gasteiger partial charge in [0.05, 0.1) is 52.4 Å². The Kier molecular flexibility index (Phi) is 23.8. The highest BCUT2D eigenvalue weighted by molar-refractivity contribution is 5.01. The van der Waals surface area contributed by atoms with Crippen molar-refractivity contribution in [3.8, 4) is 0 Å². The first-order valence-electron chi connectivity index (χ1n) is 26.5. The molecule has 34 atom stereocenters. The van der Waals surface area contributed by atoms with Crippen molar-refractivity contribution in [2.75, 3.05) is 59.5 Å². The number of aliphatic hydroxyl groups is 21. The van der Waals surface area contributed by atoms with Crippen molar-refractivity contribution < 1.29 is 183 Å². The van der Waals surface area contributed by atoms with E-state index in [0.29, 0.717) is 6.26 Å². The number of hydrogen-bond acceptors (Lipinski definition) is 37. The number of hydrogen-bond donors (Lipinski definition) is 21. The van der Waals surface area contributed by atoms with Crippen molar-refractivity contribution in [2.45, 2.75) is 215 Å². The number of rotatable bonds is 8. The quantitative estimate of drug-likeness (QED) is 0.107. The topological polar surface area (TPSA) is 573 Å². The summed E-state index contributed by atoms with van der Waals surface area (Å²) in [5.41, 5.74) is 0. The summed E-state index contributed by atoms with van der Waals surface area (Å²) in [7, 11) is 0. The smallest absolute Gasteiger partial charge is 0.229 e. The van der Waals surface area contributed by atoms with Crippen LogP contribution >= 0.6 is 0 Å². The van der Waals surface area contributed by atoms with Crippen LogP contribution in [0.5, 0.6) is 0 Å². The van der Waals surface area contributed by atoms with Crippen LogP contribution in [0, 0.1) is 0 Å². The van der Waals surface area contributed by atoms with E-state index in [-0.39, 0.29) is 0 Å². The van der Waals surface area contributed by atoms with Gasteiger partial charge in [-0.25, -0.2) is 0 Å². The van der Waals surface area contributed by atoms with E-state index in [2.05, 4.69) is 0 Å². The van der Waals surface area contributed by atoms with E-state index in [1.807, 2.05) is 0 Å². The minimum absolute atomic E-state index is 0.521. The zero-order valence-electron chi connectivity index (χ0n) is 43.7. The lowest BCUT2D eigenvalue weighted by Crippen LogP contribution is -2.67. The molecule has 18 rings (SSSR count). The van der Waals surface area contributed by atoms with Crippen LogP contribution in [0.4, 0.5) is 0 Å². The molecule has 7 saturated heterocycles. The Labute approximate surface area is 469 Å². The monoisotopic (exact) mass is 1220 g/mol. The highest BCUT2D eigenvalue weighted by Crippen LogP contribution is 2.38. The Morgan fingerprint density at radius 3 is 1.04 bits per heavy atom. The molecular formula is C46H76O37. The van der Waals surface area contributed by atoms with Gasteiger partial charge >= 0.3 is 0 Å². The molecule has 0 aliphatic carbocycles. The van der Waals surface area contributed by atoms with E-state index in [1.165, 1.54) is 0 Å². The molecule has 18 heterocycles. The summed E-state index contributed by atoms with van der Waals surface area (Å²) in [6.07, 6.45) is -63.8. The summed E-state index contributed by atoms with van der Waals surface area (Å²) >= 11 is 0. The second kappa shape index (κ2) is 29.5. The molecule has 7 fully saturated rings. The minimum atomic E-state index is -2.18. The molecule has 37 nitrogen and oxygen atoms in total. The molecule has 21 N–H and O–H groups in total. The maximum Gasteiger partial charge on any atom is 0.229 e. The Morgan fingerprint density at radius 1 is 0.313 bits per heavy atom. The van der Waals surface area contributed by atoms with Crippen LogP contribution in [0.15, 0.2) is 12.0 Å². The van der Waals surface area contributed by atoms with Crippen LogP contribution in [-0.2, 0) is 75.8 Å². The minimum Gasteiger partial charge on any atom is -0.466 e. The fourth-order valence-electron chi connectivity index (χ4n) is 10.6. The highest BCUT2D eigenvalue weighted by Gasteiger charge is 2.57. The van der Waals surface area contributed by atoms with E-state index >= 15 is 0 Å². The first-order chi connectivity index (χ1) is 39.6. The standard InChI is InChI=1S/C46H76O37/c47-2-12-10-68-22(9-54)71-21-11-69-41(29(62)23(21)56)80-36-17(5-50)77-45(33(66)27(36)60)83-39-20(8-53)78-46(34(67)28(39)61)82-38-19(7-52)75-43(31(64)25(38)58)72-14-1-13(55)40(73-15(14)3-48)79-35-16(4-49)76-44(32(65)26(35)59)81-37-18(6-51)74-42(70-12)30(63)24(37)57/h10,13-67H,1-9,11H2/b12-10+/t13?,14-,15?,16?,17?,18?,19?,20?,21+,22+,23?,24?,25?,26?,27?,28?,29?,30?,31?,32?,33?,34?,35+,36+,37+,38+,39+,40+,41+,42-,43-,44+,45+,46+/m0/s1. The summed E-state index contributed by atoms with van der Waals surface area (Å²) in [6.45, 7) is -8.53. The van der Waals surface area contributed by atoms with E-state index in [1.54, 1.807) is 0 Å². The maximum absolute atomic E-state index is 11.4. The zero-order valence-corrected chi connectivity index (χ0v) is 43.7. The third kappa shape index (κ3) is 14.4. The molecule has 0 spiro atoms. The van der Waals surface area contributed by atoms with E-state index in [9.17, 15) is 107 Å². The first-order valence-corrected chi connectivity index (χ1v) is 26.5. The molecule has 83 heavy (non-hydrogen) atoms. The fraction of sp³-hybridized carbons (Fsp3) is 0.957. The fourth-order valence-corrected chi connectivity index (χ4v) is 10.6. The Balaban J connectivity index is 1.03. The van der Waals surface area contributed by atoms with E-state index < -0.39 is 281 Å². The second-order valence-corrected chi connectivity index (χ2v) is 20.7. The molecule has 0 aromatic rings. The second-order valence-electron chi connectivity index (χ2n) is 20.7. The van der Waals surface area contributed by atoms with Crippen molar-refractivity contribution >= 4 is 0 Å². The predicted octanol–water partition coefficient (Wildman–Crippen LogP) is -14.4. The summed E-state index contributed by atoms with van der Waals surface area (Å²) in [6, 6.07) is 0. The van der Waals surface area contributed by atoms with Crippen LogP contribution in [0.1, 0.15) is 6.42 Å². The van der Waals surface area contributed by atoms with Crippen LogP contribution in [-0.4, -0.2) is 376 Å². The van der Waals surface area contributed by atoms with Crippen molar-refractivity contribution in [3.05, 3.63) is 12.0 Å². The summed E-state index contributed by atoms with van der Waals surface area (Å²) < 4.78 is 90.6. The van der Waals surface area contributed by atoms with Gasteiger partial charge < -0.3 is 183 Å². The Hall–Kier alpha value is -2.06. The molecular weight excluding hydrogens is 1140 g/mol. The van der Waals surface area contributed by atoms with Crippen molar-refractivity contribution in [3.63, 3.8) is 0 Å². The molecule has 18 aliphatic heterocycles. The van der Waals surface area contributed by atoms with Gasteiger partial charge in [-0.1, -0.05) is 0 Å². The van der Waals surface area contributed by atoms with Crippen LogP contribution in [0.3, 0.4) is 0 Å². The molecule has 18 aliphatic rings. The summed E-state index contributed by atoms with van der Waals surface area (Å²) in [5.74, 6) is -0.575. The van der Waals surface area contributed by atoms with Gasteiger partial charge in [0, 0.05) is 6.42 Å². The lowest BCUT2D eigenvalue weighted by Gasteiger charge is -2.49. The lowest BCUT2D eigenvalue weighted by molar-refractivity contribution is -0.392. The van der Waals surface area contributed by atoms with Gasteiger partial charge in [0.25, 0.3) is 0 Å². The van der Waals surface area contributed by atoms with Gasteiger partial charge in [0.1, 0.15) is 172 Å². The molecule has 482 valence electrons. The first kappa shape index (κ1) is 66.9. The maximum atomic E-state index is 11.4. The van der Waals surface area contributed by atoms with E-state index in [0.717, 1.165) is 0 Å². The largest absolute Gasteiger partial charge is 0.466 e. The molecule has 0 aromatic heterocycles. The third-order valence-electron chi connectivity index (χ3n) is 15.2. The van der Waals surface area contributed by atoms with Gasteiger partial charge in [-0.2, -0.15) is 0 Å². The molecule has 0 radical (unpaired) electrons. The Morgan fingerprint density at radius 2 is 0.651 bits per heavy atom. The molecule has 0 saturated carbocycles. The van der Waals surface area contributed by atoms with Gasteiger partial charge in [-0.05, 0) is 0 Å². The average molecular weight is 1220 g/mol. The SMILES string of the molecule is OC/C1=C\O[C@@H](CO)O[C@@H]2CO[C@H](O[C@@H]3C(CO)O[C@H](O[C@@H]4C(CO)O[C@H](O[C@@H]5C(CO)O[C@H](O[C@H]6CC(O)[C@H](OC6CO)O[C@@H]6C(CO)O[C@H](O[C@@H]7C(CO)O[C@H](O1)C(O)C7O)C(O)C6O)C(O)C5O)C(O)C4O)C(O)C3O)C(O)C2O. The third-order valence-corrected chi connectivity index (χ3v) is 15.2. The molecule has 14 bridgehead atoms. The molecule has 19 unspecified atom stereocenters. The van der Waals surface area contributed by atoms with Crippen LogP contribution in [0.25, 0.3) is 0 Å². The predicted molar refractivity (Wildman–Crippen MR) is 249 cm³/mol. The van der Waals surface area contributed by atoms with Crippen molar-refractivity contribution in [2.24, 2.45) is 0 Å². The van der Waals surface area contributed by atoms with Gasteiger partial charge in [-0.15, -0.1) is 0 Å².